The Bertz CT molecular complexity index is 304. The lowest BCUT2D eigenvalue weighted by atomic mass is 10.2. The molecule has 0 aliphatic heterocycles. The molecule has 0 spiro atoms. The summed E-state index contributed by atoms with van der Waals surface area (Å²) >= 11 is 9.45. The Kier molecular flexibility index (Phi) is 6.77. The van der Waals surface area contributed by atoms with E-state index in [-0.39, 0.29) is 6.04 Å². The smallest absolute Gasteiger partial charge is 0.0931 e. The maximum atomic E-state index is 6.00. The summed E-state index contributed by atoms with van der Waals surface area (Å²) in [6.07, 6.45) is 1.06. The molecule has 0 aliphatic rings. The molecule has 1 aromatic rings. The van der Waals surface area contributed by atoms with Gasteiger partial charge in [-0.3, -0.25) is 0 Å². The molecule has 1 rings (SSSR count). The molecule has 0 saturated heterocycles. The van der Waals surface area contributed by atoms with Crippen LogP contribution in [0.1, 0.15) is 23.5 Å². The van der Waals surface area contributed by atoms with E-state index in [1.807, 2.05) is 24.8 Å². The van der Waals surface area contributed by atoms with Gasteiger partial charge in [0.2, 0.25) is 0 Å². The molecule has 2 atom stereocenters. The molecule has 1 heterocycles. The molecular formula is C11H18ClNOS2. The third kappa shape index (κ3) is 4.63. The van der Waals surface area contributed by atoms with E-state index in [9.17, 15) is 0 Å². The van der Waals surface area contributed by atoms with Crippen molar-refractivity contribution >= 4 is 34.7 Å². The van der Waals surface area contributed by atoms with E-state index in [0.29, 0.717) is 5.25 Å². The summed E-state index contributed by atoms with van der Waals surface area (Å²) in [5.74, 6) is 1.07. The predicted molar refractivity (Wildman–Crippen MR) is 74.7 cm³/mol. The van der Waals surface area contributed by atoms with Gasteiger partial charge in [-0.15, -0.1) is 11.3 Å². The van der Waals surface area contributed by atoms with Crippen LogP contribution >= 0.6 is 34.7 Å². The van der Waals surface area contributed by atoms with Gasteiger partial charge in [0.15, 0.2) is 0 Å². The van der Waals surface area contributed by atoms with Crippen molar-refractivity contribution in [3.63, 3.8) is 0 Å². The lowest BCUT2D eigenvalue weighted by molar-refractivity contribution is 0.200. The van der Waals surface area contributed by atoms with Crippen LogP contribution in [0.5, 0.6) is 0 Å². The number of hydrogen-bond donors (Lipinski definition) is 1. The van der Waals surface area contributed by atoms with Crippen LogP contribution in [0.4, 0.5) is 0 Å². The largest absolute Gasteiger partial charge is 0.385 e. The highest BCUT2D eigenvalue weighted by Crippen LogP contribution is 2.37. The average molecular weight is 280 g/mol. The maximum absolute atomic E-state index is 6.00. The summed E-state index contributed by atoms with van der Waals surface area (Å²) in [7, 11) is 1.73. The Morgan fingerprint density at radius 3 is 2.81 bits per heavy atom. The van der Waals surface area contributed by atoms with Crippen LogP contribution in [0.25, 0.3) is 0 Å². The van der Waals surface area contributed by atoms with E-state index in [0.717, 1.165) is 23.1 Å². The van der Waals surface area contributed by atoms with Crippen LogP contribution in [0, 0.1) is 0 Å². The predicted octanol–water partition coefficient (Wildman–Crippen LogP) is 3.56. The Morgan fingerprint density at radius 2 is 2.31 bits per heavy atom. The number of methoxy groups -OCH3 is 1. The zero-order valence-electron chi connectivity index (χ0n) is 9.61. The second-order valence-electron chi connectivity index (χ2n) is 3.64. The average Bonchev–Trinajstić information content (AvgIpc) is 2.64. The summed E-state index contributed by atoms with van der Waals surface area (Å²) in [6, 6.07) is 4.15. The van der Waals surface area contributed by atoms with Crippen LogP contribution in [0.2, 0.25) is 4.34 Å². The van der Waals surface area contributed by atoms with Crippen molar-refractivity contribution in [3.8, 4) is 0 Å². The highest BCUT2D eigenvalue weighted by atomic mass is 35.5. The van der Waals surface area contributed by atoms with Crippen molar-refractivity contribution in [2.45, 2.75) is 24.6 Å². The second-order valence-corrected chi connectivity index (χ2v) is 6.63. The van der Waals surface area contributed by atoms with Gasteiger partial charge in [0.1, 0.15) is 0 Å². The highest BCUT2D eigenvalue weighted by Gasteiger charge is 2.18. The van der Waals surface area contributed by atoms with Gasteiger partial charge in [-0.2, -0.15) is 11.8 Å². The third-order valence-corrected chi connectivity index (χ3v) is 5.17. The number of rotatable bonds is 7. The van der Waals surface area contributed by atoms with Gasteiger partial charge in [-0.25, -0.2) is 0 Å². The zero-order valence-corrected chi connectivity index (χ0v) is 12.0. The number of thioether (sulfide) groups is 1. The summed E-state index contributed by atoms with van der Waals surface area (Å²) < 4.78 is 5.86. The van der Waals surface area contributed by atoms with Crippen LogP contribution in [0.3, 0.4) is 0 Å². The van der Waals surface area contributed by atoms with E-state index in [1.165, 1.54) is 4.88 Å². The molecule has 0 aliphatic carbocycles. The summed E-state index contributed by atoms with van der Waals surface area (Å²) in [5.41, 5.74) is 6.00. The van der Waals surface area contributed by atoms with Crippen molar-refractivity contribution in [1.29, 1.82) is 0 Å². The van der Waals surface area contributed by atoms with Crippen LogP contribution in [-0.2, 0) is 4.74 Å². The third-order valence-electron chi connectivity index (χ3n) is 2.14. The second kappa shape index (κ2) is 7.56. The lowest BCUT2D eigenvalue weighted by Gasteiger charge is -2.18. The fourth-order valence-corrected chi connectivity index (χ4v) is 3.98. The number of hydrogen-bond acceptors (Lipinski definition) is 4. The first-order valence-corrected chi connectivity index (χ1v) is 7.51. The van der Waals surface area contributed by atoms with Crippen molar-refractivity contribution in [2.75, 3.05) is 19.5 Å². The summed E-state index contributed by atoms with van der Waals surface area (Å²) in [6.45, 7) is 2.85. The van der Waals surface area contributed by atoms with Gasteiger partial charge in [-0.05, 0) is 31.2 Å². The zero-order chi connectivity index (χ0) is 12.0. The topological polar surface area (TPSA) is 35.2 Å². The number of ether oxygens (including phenoxy) is 1. The number of thiophene rings is 1. The quantitative estimate of drug-likeness (QED) is 0.775. The molecule has 0 radical (unpaired) electrons. The SMILES string of the molecule is COCCCSC(c1ccc(Cl)s1)C(C)N. The first-order chi connectivity index (χ1) is 7.65. The lowest BCUT2D eigenvalue weighted by Crippen LogP contribution is -2.22. The molecule has 2 N–H and O–H groups in total. The van der Waals surface area contributed by atoms with Gasteiger partial charge in [0.05, 0.1) is 9.59 Å². The molecule has 5 heteroatoms. The van der Waals surface area contributed by atoms with E-state index in [4.69, 9.17) is 22.1 Å². The van der Waals surface area contributed by atoms with Gasteiger partial charge in [-0.1, -0.05) is 11.6 Å². The minimum Gasteiger partial charge on any atom is -0.385 e. The van der Waals surface area contributed by atoms with Crippen molar-refractivity contribution in [3.05, 3.63) is 21.3 Å². The monoisotopic (exact) mass is 279 g/mol. The van der Waals surface area contributed by atoms with Crippen molar-refractivity contribution in [1.82, 2.24) is 0 Å². The minimum absolute atomic E-state index is 0.141. The minimum atomic E-state index is 0.141. The molecule has 2 nitrogen and oxygen atoms in total. The molecule has 0 bridgehead atoms. The van der Waals surface area contributed by atoms with Gasteiger partial charge >= 0.3 is 0 Å². The van der Waals surface area contributed by atoms with Crippen molar-refractivity contribution in [2.24, 2.45) is 5.73 Å². The van der Waals surface area contributed by atoms with Gasteiger partial charge in [0.25, 0.3) is 0 Å². The normalized spacial score (nSPS) is 15.0. The number of nitrogens with two attached hydrogens (primary N) is 1. The first-order valence-electron chi connectivity index (χ1n) is 5.26. The Morgan fingerprint density at radius 1 is 1.56 bits per heavy atom. The van der Waals surface area contributed by atoms with E-state index in [1.54, 1.807) is 18.4 Å². The highest BCUT2D eigenvalue weighted by molar-refractivity contribution is 7.99. The Labute approximate surface area is 111 Å². The molecule has 0 saturated carbocycles. The fraction of sp³-hybridized carbons (Fsp3) is 0.636. The van der Waals surface area contributed by atoms with E-state index >= 15 is 0 Å². The summed E-state index contributed by atoms with van der Waals surface area (Å²) in [4.78, 5) is 1.27. The van der Waals surface area contributed by atoms with E-state index < -0.39 is 0 Å². The molecule has 16 heavy (non-hydrogen) atoms. The molecule has 0 fully saturated rings. The van der Waals surface area contributed by atoms with Gasteiger partial charge < -0.3 is 10.5 Å². The first kappa shape index (κ1) is 14.3. The molecule has 92 valence electrons. The molecule has 2 unspecified atom stereocenters. The van der Waals surface area contributed by atoms with Crippen LogP contribution in [0.15, 0.2) is 12.1 Å². The number of halogens is 1. The van der Waals surface area contributed by atoms with E-state index in [2.05, 4.69) is 6.07 Å². The molecular weight excluding hydrogens is 262 g/mol. The Hall–Kier alpha value is 0.260. The van der Waals surface area contributed by atoms with Gasteiger partial charge in [0, 0.05) is 24.6 Å². The standard InChI is InChI=1S/C11H18ClNOS2/c1-8(13)11(15-7-3-6-14-2)9-4-5-10(12)16-9/h4-5,8,11H,3,6-7,13H2,1-2H3. The molecule has 0 amide bonds. The van der Waals surface area contributed by atoms with Crippen LogP contribution < -0.4 is 5.73 Å². The molecule has 0 aromatic carbocycles. The molecule has 1 aromatic heterocycles. The fourth-order valence-electron chi connectivity index (χ4n) is 1.39. The Balaban J connectivity index is 2.48. The van der Waals surface area contributed by atoms with Crippen LogP contribution in [-0.4, -0.2) is 25.5 Å². The summed E-state index contributed by atoms with van der Waals surface area (Å²) in [5, 5.41) is 0.342. The van der Waals surface area contributed by atoms with Crippen molar-refractivity contribution < 1.29 is 4.74 Å². The maximum Gasteiger partial charge on any atom is 0.0931 e.